The zero-order chi connectivity index (χ0) is 14.4. The first-order chi connectivity index (χ1) is 9.69. The number of rotatable bonds is 5. The van der Waals surface area contributed by atoms with E-state index in [-0.39, 0.29) is 0 Å². The Morgan fingerprint density at radius 2 is 2.05 bits per heavy atom. The van der Waals surface area contributed by atoms with Crippen molar-refractivity contribution in [1.82, 2.24) is 9.88 Å². The molecule has 1 N–H and O–H groups in total. The molecule has 0 unspecified atom stereocenters. The van der Waals surface area contributed by atoms with Gasteiger partial charge in [0, 0.05) is 6.08 Å². The molecule has 0 aromatic carbocycles. The number of carboxylic acids is 1. The number of aliphatic carboxylic acids is 1. The van der Waals surface area contributed by atoms with Crippen LogP contribution in [0.3, 0.4) is 0 Å². The molecule has 1 aromatic heterocycles. The lowest BCUT2D eigenvalue weighted by atomic mass is 10.2. The fourth-order valence-corrected chi connectivity index (χ4v) is 3.60. The van der Waals surface area contributed by atoms with Crippen molar-refractivity contribution in [2.45, 2.75) is 45.6 Å². The van der Waals surface area contributed by atoms with Gasteiger partial charge in [0.05, 0.1) is 17.1 Å². The van der Waals surface area contributed by atoms with Crippen molar-refractivity contribution >= 4 is 23.4 Å². The van der Waals surface area contributed by atoms with E-state index in [1.807, 2.05) is 0 Å². The Morgan fingerprint density at radius 1 is 1.35 bits per heavy atom. The van der Waals surface area contributed by atoms with E-state index in [1.165, 1.54) is 31.8 Å². The van der Waals surface area contributed by atoms with Crippen LogP contribution in [-0.2, 0) is 17.8 Å². The number of carboxylic acid groups (broad SMARTS) is 1. The molecule has 1 aromatic rings. The van der Waals surface area contributed by atoms with Gasteiger partial charge in [-0.2, -0.15) is 0 Å². The number of aromatic nitrogens is 1. The molecular formula is C15H22N2O2S. The van der Waals surface area contributed by atoms with Gasteiger partial charge in [-0.3, -0.25) is 4.90 Å². The van der Waals surface area contributed by atoms with Crippen LogP contribution in [-0.4, -0.2) is 34.0 Å². The van der Waals surface area contributed by atoms with Gasteiger partial charge < -0.3 is 5.11 Å². The molecule has 110 valence electrons. The Kier molecular flexibility index (Phi) is 5.73. The summed E-state index contributed by atoms with van der Waals surface area (Å²) >= 11 is 1.62. The minimum atomic E-state index is -0.908. The van der Waals surface area contributed by atoms with Crippen molar-refractivity contribution < 1.29 is 9.90 Å². The number of thiazole rings is 1. The van der Waals surface area contributed by atoms with Crippen LogP contribution >= 0.6 is 11.3 Å². The highest BCUT2D eigenvalue weighted by Crippen LogP contribution is 2.23. The van der Waals surface area contributed by atoms with E-state index in [2.05, 4.69) is 16.8 Å². The monoisotopic (exact) mass is 294 g/mol. The Morgan fingerprint density at radius 3 is 2.65 bits per heavy atom. The summed E-state index contributed by atoms with van der Waals surface area (Å²) in [6.45, 7) is 5.27. The zero-order valence-electron chi connectivity index (χ0n) is 12.0. The topological polar surface area (TPSA) is 53.4 Å². The van der Waals surface area contributed by atoms with Gasteiger partial charge in [-0.15, -0.1) is 11.3 Å². The normalized spacial score (nSPS) is 17.4. The summed E-state index contributed by atoms with van der Waals surface area (Å²) in [5, 5.41) is 9.83. The number of nitrogens with zero attached hydrogens (tertiary/aromatic N) is 2. The smallest absolute Gasteiger partial charge is 0.328 e. The van der Waals surface area contributed by atoms with E-state index < -0.39 is 5.97 Å². The molecule has 0 atom stereocenters. The van der Waals surface area contributed by atoms with Crippen LogP contribution in [0.4, 0.5) is 0 Å². The molecule has 1 fully saturated rings. The lowest BCUT2D eigenvalue weighted by Crippen LogP contribution is -2.23. The van der Waals surface area contributed by atoms with Crippen molar-refractivity contribution in [3.63, 3.8) is 0 Å². The molecule has 0 radical (unpaired) electrons. The standard InChI is InChI=1S/C15H22N2O2S/c1-2-12-13(7-8-15(18)19)20-14(16-12)11-17-9-5-3-4-6-10-17/h7-8H,2-6,9-11H2,1H3,(H,18,19)/b8-7+. The van der Waals surface area contributed by atoms with E-state index >= 15 is 0 Å². The third kappa shape index (κ3) is 4.42. The summed E-state index contributed by atoms with van der Waals surface area (Å²) in [5.74, 6) is -0.908. The van der Waals surface area contributed by atoms with Gasteiger partial charge >= 0.3 is 5.97 Å². The van der Waals surface area contributed by atoms with Crippen molar-refractivity contribution in [2.75, 3.05) is 13.1 Å². The van der Waals surface area contributed by atoms with Gasteiger partial charge in [0.25, 0.3) is 0 Å². The van der Waals surface area contributed by atoms with Crippen molar-refractivity contribution in [1.29, 1.82) is 0 Å². The lowest BCUT2D eigenvalue weighted by Gasteiger charge is -2.17. The van der Waals surface area contributed by atoms with Gasteiger partial charge in [-0.1, -0.05) is 19.8 Å². The maximum atomic E-state index is 10.6. The molecule has 5 heteroatoms. The molecular weight excluding hydrogens is 272 g/mol. The quantitative estimate of drug-likeness (QED) is 0.847. The summed E-state index contributed by atoms with van der Waals surface area (Å²) in [7, 11) is 0. The SMILES string of the molecule is CCc1nc(CN2CCCCCC2)sc1/C=C/C(=O)O. The first-order valence-electron chi connectivity index (χ1n) is 7.31. The van der Waals surface area contributed by atoms with Crippen LogP contribution in [0, 0.1) is 0 Å². The van der Waals surface area contributed by atoms with Crippen LogP contribution in [0.15, 0.2) is 6.08 Å². The zero-order valence-corrected chi connectivity index (χ0v) is 12.8. The lowest BCUT2D eigenvalue weighted by molar-refractivity contribution is -0.131. The molecule has 0 bridgehead atoms. The number of likely N-dealkylation sites (tertiary alicyclic amines) is 1. The minimum Gasteiger partial charge on any atom is -0.478 e. The van der Waals surface area contributed by atoms with Crippen LogP contribution in [0.25, 0.3) is 6.08 Å². The van der Waals surface area contributed by atoms with E-state index in [0.29, 0.717) is 0 Å². The largest absolute Gasteiger partial charge is 0.478 e. The molecule has 2 heterocycles. The summed E-state index contributed by atoms with van der Waals surface area (Å²) in [5.41, 5.74) is 1.01. The second kappa shape index (κ2) is 7.55. The average Bonchev–Trinajstić information content (AvgIpc) is 2.62. The molecule has 1 aliphatic heterocycles. The number of hydrogen-bond acceptors (Lipinski definition) is 4. The van der Waals surface area contributed by atoms with Gasteiger partial charge in [0.15, 0.2) is 0 Å². The third-order valence-corrected chi connectivity index (χ3v) is 4.59. The molecule has 2 rings (SSSR count). The number of hydrogen-bond donors (Lipinski definition) is 1. The Bertz CT molecular complexity index is 474. The van der Waals surface area contributed by atoms with E-state index in [1.54, 1.807) is 17.4 Å². The number of carbonyl (C=O) groups is 1. The van der Waals surface area contributed by atoms with Crippen LogP contribution in [0.1, 0.15) is 48.2 Å². The predicted molar refractivity (Wildman–Crippen MR) is 81.9 cm³/mol. The van der Waals surface area contributed by atoms with E-state index in [9.17, 15) is 4.79 Å². The highest BCUT2D eigenvalue weighted by Gasteiger charge is 2.13. The van der Waals surface area contributed by atoms with Crippen LogP contribution in [0.5, 0.6) is 0 Å². The van der Waals surface area contributed by atoms with Crippen molar-refractivity contribution in [3.05, 3.63) is 21.7 Å². The predicted octanol–water partition coefficient (Wildman–Crippen LogP) is 3.18. The fraction of sp³-hybridized carbons (Fsp3) is 0.600. The first-order valence-corrected chi connectivity index (χ1v) is 8.12. The van der Waals surface area contributed by atoms with Gasteiger partial charge in [0.1, 0.15) is 5.01 Å². The molecule has 1 saturated heterocycles. The Hall–Kier alpha value is -1.20. The van der Waals surface area contributed by atoms with Crippen LogP contribution < -0.4 is 0 Å². The molecule has 20 heavy (non-hydrogen) atoms. The van der Waals surface area contributed by atoms with Crippen molar-refractivity contribution in [2.24, 2.45) is 0 Å². The summed E-state index contributed by atoms with van der Waals surface area (Å²) in [6.07, 6.45) is 8.93. The van der Waals surface area contributed by atoms with E-state index in [4.69, 9.17) is 5.11 Å². The highest BCUT2D eigenvalue weighted by molar-refractivity contribution is 7.12. The molecule has 1 aliphatic rings. The van der Waals surface area contributed by atoms with Gasteiger partial charge in [-0.25, -0.2) is 9.78 Å². The Labute approximate surface area is 124 Å². The second-order valence-corrected chi connectivity index (χ2v) is 6.25. The number of aryl methyl sites for hydroxylation is 1. The molecule has 0 spiro atoms. The summed E-state index contributed by atoms with van der Waals surface area (Å²) < 4.78 is 0. The Balaban J connectivity index is 2.06. The maximum Gasteiger partial charge on any atom is 0.328 e. The highest BCUT2D eigenvalue weighted by atomic mass is 32.1. The average molecular weight is 294 g/mol. The molecule has 4 nitrogen and oxygen atoms in total. The minimum absolute atomic E-state index is 0.843. The van der Waals surface area contributed by atoms with Gasteiger partial charge in [0.2, 0.25) is 0 Å². The summed E-state index contributed by atoms with van der Waals surface area (Å²) in [6, 6.07) is 0. The van der Waals surface area contributed by atoms with Crippen molar-refractivity contribution in [3.8, 4) is 0 Å². The van der Waals surface area contributed by atoms with Gasteiger partial charge in [-0.05, 0) is 38.4 Å². The maximum absolute atomic E-state index is 10.6. The fourth-order valence-electron chi connectivity index (χ4n) is 2.50. The molecule has 0 saturated carbocycles. The first kappa shape index (κ1) is 15.2. The summed E-state index contributed by atoms with van der Waals surface area (Å²) in [4.78, 5) is 18.7. The van der Waals surface area contributed by atoms with Crippen LogP contribution in [0.2, 0.25) is 0 Å². The molecule has 0 amide bonds. The molecule has 0 aliphatic carbocycles. The van der Waals surface area contributed by atoms with E-state index in [0.717, 1.165) is 41.6 Å². The second-order valence-electron chi connectivity index (χ2n) is 5.13. The third-order valence-electron chi connectivity index (χ3n) is 3.54.